The van der Waals surface area contributed by atoms with Crippen molar-refractivity contribution in [3.05, 3.63) is 65.9 Å². The average molecular weight is 293 g/mol. The predicted molar refractivity (Wildman–Crippen MR) is 90.2 cm³/mol. The molecule has 4 nitrogen and oxygen atoms in total. The van der Waals surface area contributed by atoms with Crippen LogP contribution in [0.3, 0.4) is 0 Å². The van der Waals surface area contributed by atoms with Gasteiger partial charge in [0.2, 0.25) is 0 Å². The maximum absolute atomic E-state index is 12.0. The van der Waals surface area contributed by atoms with E-state index in [4.69, 9.17) is 0 Å². The fourth-order valence-corrected chi connectivity index (χ4v) is 2.54. The number of aromatic nitrogens is 1. The fraction of sp³-hybridized carbons (Fsp3) is 0.167. The SMILES string of the molecule is Cc1cc2c(NC(=O)NCCc3ccccc3)cccc2[nH]1. The minimum atomic E-state index is -0.178. The molecule has 2 aromatic carbocycles. The quantitative estimate of drug-likeness (QED) is 0.672. The van der Waals surface area contributed by atoms with Gasteiger partial charge in [0.1, 0.15) is 0 Å². The zero-order valence-electron chi connectivity index (χ0n) is 12.5. The molecule has 1 heterocycles. The molecular weight excluding hydrogens is 274 g/mol. The summed E-state index contributed by atoms with van der Waals surface area (Å²) < 4.78 is 0. The molecule has 0 saturated heterocycles. The fourth-order valence-electron chi connectivity index (χ4n) is 2.54. The van der Waals surface area contributed by atoms with E-state index < -0.39 is 0 Å². The van der Waals surface area contributed by atoms with E-state index in [1.807, 2.05) is 49.4 Å². The number of hydrogen-bond donors (Lipinski definition) is 3. The Bertz CT molecular complexity index is 777. The van der Waals surface area contributed by atoms with Crippen LogP contribution >= 0.6 is 0 Å². The van der Waals surface area contributed by atoms with Crippen LogP contribution < -0.4 is 10.6 Å². The van der Waals surface area contributed by atoms with Crippen molar-refractivity contribution in [3.63, 3.8) is 0 Å². The van der Waals surface area contributed by atoms with Crippen molar-refractivity contribution in [2.75, 3.05) is 11.9 Å². The number of hydrogen-bond acceptors (Lipinski definition) is 1. The smallest absolute Gasteiger partial charge is 0.319 e. The van der Waals surface area contributed by atoms with Crippen LogP contribution in [-0.4, -0.2) is 17.6 Å². The van der Waals surface area contributed by atoms with Crippen LogP contribution in [0.15, 0.2) is 54.6 Å². The standard InChI is InChI=1S/C18H19N3O/c1-13-12-15-16(20-13)8-5-9-17(15)21-18(22)19-11-10-14-6-3-2-4-7-14/h2-9,12,20H,10-11H2,1H3,(H2,19,21,22). The van der Waals surface area contributed by atoms with Crippen molar-refractivity contribution >= 4 is 22.6 Å². The highest BCUT2D eigenvalue weighted by Gasteiger charge is 2.06. The number of carbonyl (C=O) groups is 1. The summed E-state index contributed by atoms with van der Waals surface area (Å²) in [5, 5.41) is 6.83. The molecule has 0 aliphatic rings. The Morgan fingerprint density at radius 3 is 2.73 bits per heavy atom. The minimum absolute atomic E-state index is 0.178. The molecule has 0 fully saturated rings. The van der Waals surface area contributed by atoms with Gasteiger partial charge < -0.3 is 15.6 Å². The molecule has 3 rings (SSSR count). The third-order valence-corrected chi connectivity index (χ3v) is 3.59. The monoisotopic (exact) mass is 293 g/mol. The number of aryl methyl sites for hydroxylation is 1. The van der Waals surface area contributed by atoms with E-state index in [0.717, 1.165) is 28.7 Å². The minimum Gasteiger partial charge on any atom is -0.359 e. The van der Waals surface area contributed by atoms with E-state index in [0.29, 0.717) is 6.54 Å². The molecule has 0 aliphatic carbocycles. The van der Waals surface area contributed by atoms with Crippen molar-refractivity contribution in [1.29, 1.82) is 0 Å². The second kappa shape index (κ2) is 6.35. The number of fused-ring (bicyclic) bond motifs is 1. The van der Waals surface area contributed by atoms with Crippen LogP contribution in [0.25, 0.3) is 10.9 Å². The van der Waals surface area contributed by atoms with E-state index in [1.165, 1.54) is 5.56 Å². The molecule has 0 radical (unpaired) electrons. The molecule has 4 heteroatoms. The lowest BCUT2D eigenvalue weighted by molar-refractivity contribution is 0.252. The first-order valence-corrected chi connectivity index (χ1v) is 7.39. The highest BCUT2D eigenvalue weighted by atomic mass is 16.2. The number of aromatic amines is 1. The topological polar surface area (TPSA) is 56.9 Å². The Balaban J connectivity index is 1.59. The van der Waals surface area contributed by atoms with E-state index >= 15 is 0 Å². The largest absolute Gasteiger partial charge is 0.359 e. The molecule has 3 aromatic rings. The Morgan fingerprint density at radius 2 is 1.91 bits per heavy atom. The summed E-state index contributed by atoms with van der Waals surface area (Å²) in [7, 11) is 0. The van der Waals surface area contributed by atoms with Crippen molar-refractivity contribution in [2.45, 2.75) is 13.3 Å². The van der Waals surface area contributed by atoms with E-state index in [9.17, 15) is 4.79 Å². The highest BCUT2D eigenvalue weighted by molar-refractivity contribution is 6.00. The van der Waals surface area contributed by atoms with Gasteiger partial charge in [-0.2, -0.15) is 0 Å². The summed E-state index contributed by atoms with van der Waals surface area (Å²) in [6, 6.07) is 17.8. The Labute approximate surface area is 129 Å². The normalized spacial score (nSPS) is 10.6. The molecule has 2 amide bonds. The summed E-state index contributed by atoms with van der Waals surface area (Å²) in [5.41, 5.74) is 4.14. The number of rotatable bonds is 4. The Kier molecular flexibility index (Phi) is 4.10. The van der Waals surface area contributed by atoms with E-state index in [2.05, 4.69) is 27.8 Å². The van der Waals surface area contributed by atoms with Crippen LogP contribution in [0.2, 0.25) is 0 Å². The number of H-pyrrole nitrogens is 1. The molecule has 0 saturated carbocycles. The van der Waals surface area contributed by atoms with Gasteiger partial charge in [0.05, 0.1) is 5.69 Å². The van der Waals surface area contributed by atoms with Gasteiger partial charge in [0.15, 0.2) is 0 Å². The van der Waals surface area contributed by atoms with Gasteiger partial charge in [0.25, 0.3) is 0 Å². The predicted octanol–water partition coefficient (Wildman–Crippen LogP) is 3.84. The number of benzene rings is 2. The molecule has 112 valence electrons. The van der Waals surface area contributed by atoms with Crippen LogP contribution in [0.4, 0.5) is 10.5 Å². The van der Waals surface area contributed by atoms with Gasteiger partial charge in [-0.3, -0.25) is 0 Å². The van der Waals surface area contributed by atoms with Gasteiger partial charge >= 0.3 is 6.03 Å². The van der Waals surface area contributed by atoms with Gasteiger partial charge in [-0.15, -0.1) is 0 Å². The van der Waals surface area contributed by atoms with Crippen LogP contribution in [0.5, 0.6) is 0 Å². The third kappa shape index (κ3) is 3.28. The zero-order chi connectivity index (χ0) is 15.4. The number of anilines is 1. The van der Waals surface area contributed by atoms with Gasteiger partial charge in [-0.25, -0.2) is 4.79 Å². The van der Waals surface area contributed by atoms with Crippen molar-refractivity contribution in [1.82, 2.24) is 10.3 Å². The van der Waals surface area contributed by atoms with Crippen molar-refractivity contribution in [3.8, 4) is 0 Å². The zero-order valence-corrected chi connectivity index (χ0v) is 12.5. The maximum Gasteiger partial charge on any atom is 0.319 e. The summed E-state index contributed by atoms with van der Waals surface area (Å²) in [5.74, 6) is 0. The lowest BCUT2D eigenvalue weighted by Gasteiger charge is -2.08. The van der Waals surface area contributed by atoms with Crippen LogP contribution in [0.1, 0.15) is 11.3 Å². The molecule has 1 aromatic heterocycles. The second-order valence-corrected chi connectivity index (χ2v) is 5.34. The first-order valence-electron chi connectivity index (χ1n) is 7.39. The molecule has 0 aliphatic heterocycles. The summed E-state index contributed by atoms with van der Waals surface area (Å²) in [4.78, 5) is 15.3. The molecule has 22 heavy (non-hydrogen) atoms. The third-order valence-electron chi connectivity index (χ3n) is 3.59. The lowest BCUT2D eigenvalue weighted by Crippen LogP contribution is -2.30. The Hall–Kier alpha value is -2.75. The lowest BCUT2D eigenvalue weighted by atomic mass is 10.1. The summed E-state index contributed by atoms with van der Waals surface area (Å²) >= 11 is 0. The maximum atomic E-state index is 12.0. The first-order chi connectivity index (χ1) is 10.7. The molecule has 3 N–H and O–H groups in total. The summed E-state index contributed by atoms with van der Waals surface area (Å²) in [6.45, 7) is 2.61. The van der Waals surface area contributed by atoms with E-state index in [1.54, 1.807) is 0 Å². The first kappa shape index (κ1) is 14.2. The van der Waals surface area contributed by atoms with Crippen molar-refractivity contribution in [2.24, 2.45) is 0 Å². The number of carbonyl (C=O) groups excluding carboxylic acids is 1. The van der Waals surface area contributed by atoms with Crippen LogP contribution in [-0.2, 0) is 6.42 Å². The molecule has 0 atom stereocenters. The average Bonchev–Trinajstić information content (AvgIpc) is 2.90. The van der Waals surface area contributed by atoms with Crippen molar-refractivity contribution < 1.29 is 4.79 Å². The number of urea groups is 1. The van der Waals surface area contributed by atoms with Gasteiger partial charge in [-0.05, 0) is 37.1 Å². The Morgan fingerprint density at radius 1 is 1.09 bits per heavy atom. The second-order valence-electron chi connectivity index (χ2n) is 5.34. The summed E-state index contributed by atoms with van der Waals surface area (Å²) in [6.07, 6.45) is 0.821. The molecule has 0 unspecified atom stereocenters. The van der Waals surface area contributed by atoms with Crippen LogP contribution in [0, 0.1) is 6.92 Å². The van der Waals surface area contributed by atoms with Gasteiger partial charge in [0, 0.05) is 23.1 Å². The molecule has 0 spiro atoms. The highest BCUT2D eigenvalue weighted by Crippen LogP contribution is 2.23. The van der Waals surface area contributed by atoms with E-state index in [-0.39, 0.29) is 6.03 Å². The number of amides is 2. The van der Waals surface area contributed by atoms with Gasteiger partial charge in [-0.1, -0.05) is 36.4 Å². The molecular formula is C18H19N3O. The molecule has 0 bridgehead atoms. The number of nitrogens with one attached hydrogen (secondary N) is 3.